The molecule has 4 heteroatoms. The Labute approximate surface area is 111 Å². The number of nitrogens with two attached hydrogens (primary N) is 1. The highest BCUT2D eigenvalue weighted by molar-refractivity contribution is 5.81. The molecule has 2 aromatic heterocycles. The summed E-state index contributed by atoms with van der Waals surface area (Å²) in [6.45, 7) is 2.71. The minimum atomic E-state index is -0.0227. The number of para-hydroxylation sites is 1. The van der Waals surface area contributed by atoms with E-state index in [1.165, 1.54) is 5.56 Å². The van der Waals surface area contributed by atoms with Crippen LogP contribution >= 0.6 is 0 Å². The van der Waals surface area contributed by atoms with Crippen LogP contribution in [0.1, 0.15) is 24.2 Å². The molecular weight excluding hydrogens is 236 g/mol. The lowest BCUT2D eigenvalue weighted by atomic mass is 10.1. The zero-order chi connectivity index (χ0) is 13.2. The van der Waals surface area contributed by atoms with Gasteiger partial charge in [-0.05, 0) is 18.6 Å². The SMILES string of the molecule is C[C@H](N)c1cncn1Cc1cccc2cccnc12. The summed E-state index contributed by atoms with van der Waals surface area (Å²) in [7, 11) is 0. The molecule has 3 aromatic rings. The van der Waals surface area contributed by atoms with Crippen molar-refractivity contribution in [2.45, 2.75) is 19.5 Å². The Kier molecular flexibility index (Phi) is 3.01. The Morgan fingerprint density at radius 3 is 2.95 bits per heavy atom. The number of fused-ring (bicyclic) bond motifs is 1. The predicted octanol–water partition coefficient (Wildman–Crippen LogP) is 2.50. The maximum Gasteiger partial charge on any atom is 0.0951 e. The second-order valence-corrected chi connectivity index (χ2v) is 4.73. The van der Waals surface area contributed by atoms with Crippen molar-refractivity contribution in [3.8, 4) is 0 Å². The van der Waals surface area contributed by atoms with E-state index in [0.29, 0.717) is 0 Å². The molecule has 2 heterocycles. The summed E-state index contributed by atoms with van der Waals surface area (Å²) in [5.74, 6) is 0. The van der Waals surface area contributed by atoms with Crippen LogP contribution in [0.3, 0.4) is 0 Å². The minimum absolute atomic E-state index is 0.0227. The molecule has 2 N–H and O–H groups in total. The van der Waals surface area contributed by atoms with E-state index in [4.69, 9.17) is 5.73 Å². The number of aromatic nitrogens is 3. The lowest BCUT2D eigenvalue weighted by Gasteiger charge is -2.12. The third-order valence-corrected chi connectivity index (χ3v) is 3.27. The maximum atomic E-state index is 5.95. The van der Waals surface area contributed by atoms with Crippen LogP contribution in [0, 0.1) is 0 Å². The number of rotatable bonds is 3. The average molecular weight is 252 g/mol. The first kappa shape index (κ1) is 11.9. The number of benzene rings is 1. The fourth-order valence-corrected chi connectivity index (χ4v) is 2.32. The van der Waals surface area contributed by atoms with Crippen molar-refractivity contribution in [1.82, 2.24) is 14.5 Å². The first-order valence-corrected chi connectivity index (χ1v) is 6.34. The van der Waals surface area contributed by atoms with Gasteiger partial charge in [0.25, 0.3) is 0 Å². The number of pyridine rings is 1. The third kappa shape index (κ3) is 2.22. The largest absolute Gasteiger partial charge is 0.329 e. The van der Waals surface area contributed by atoms with Gasteiger partial charge in [-0.3, -0.25) is 4.98 Å². The quantitative estimate of drug-likeness (QED) is 0.779. The van der Waals surface area contributed by atoms with Crippen LogP contribution in [-0.4, -0.2) is 14.5 Å². The summed E-state index contributed by atoms with van der Waals surface area (Å²) in [6.07, 6.45) is 5.47. The molecule has 0 bridgehead atoms. The highest BCUT2D eigenvalue weighted by Crippen LogP contribution is 2.18. The summed E-state index contributed by atoms with van der Waals surface area (Å²) in [6, 6.07) is 10.2. The van der Waals surface area contributed by atoms with Gasteiger partial charge in [0.1, 0.15) is 0 Å². The zero-order valence-electron chi connectivity index (χ0n) is 10.8. The molecule has 1 atom stereocenters. The smallest absolute Gasteiger partial charge is 0.0951 e. The average Bonchev–Trinajstić information content (AvgIpc) is 2.87. The van der Waals surface area contributed by atoms with E-state index in [1.54, 1.807) is 0 Å². The Morgan fingerprint density at radius 1 is 1.26 bits per heavy atom. The van der Waals surface area contributed by atoms with E-state index in [-0.39, 0.29) is 6.04 Å². The number of hydrogen-bond donors (Lipinski definition) is 1. The van der Waals surface area contributed by atoms with Crippen LogP contribution < -0.4 is 5.73 Å². The molecule has 0 unspecified atom stereocenters. The van der Waals surface area contributed by atoms with Gasteiger partial charge in [0.2, 0.25) is 0 Å². The topological polar surface area (TPSA) is 56.7 Å². The van der Waals surface area contributed by atoms with Crippen molar-refractivity contribution in [1.29, 1.82) is 0 Å². The van der Waals surface area contributed by atoms with E-state index in [0.717, 1.165) is 23.1 Å². The molecule has 0 aliphatic rings. The fraction of sp³-hybridized carbons (Fsp3) is 0.200. The van der Waals surface area contributed by atoms with Crippen LogP contribution in [0.4, 0.5) is 0 Å². The van der Waals surface area contributed by atoms with Crippen LogP contribution in [0.5, 0.6) is 0 Å². The van der Waals surface area contributed by atoms with Crippen LogP contribution in [0.2, 0.25) is 0 Å². The number of imidazole rings is 1. The second-order valence-electron chi connectivity index (χ2n) is 4.73. The van der Waals surface area contributed by atoms with Gasteiger partial charge in [-0.15, -0.1) is 0 Å². The van der Waals surface area contributed by atoms with Crippen molar-refractivity contribution >= 4 is 10.9 Å². The molecular formula is C15H16N4. The van der Waals surface area contributed by atoms with Crippen molar-refractivity contribution in [2.75, 3.05) is 0 Å². The van der Waals surface area contributed by atoms with E-state index < -0.39 is 0 Å². The molecule has 3 rings (SSSR count). The fourth-order valence-electron chi connectivity index (χ4n) is 2.32. The predicted molar refractivity (Wildman–Crippen MR) is 75.7 cm³/mol. The van der Waals surface area contributed by atoms with Crippen LogP contribution in [0.15, 0.2) is 49.1 Å². The molecule has 0 amide bonds. The van der Waals surface area contributed by atoms with E-state index >= 15 is 0 Å². The van der Waals surface area contributed by atoms with Gasteiger partial charge in [-0.25, -0.2) is 4.98 Å². The first-order valence-electron chi connectivity index (χ1n) is 6.34. The van der Waals surface area contributed by atoms with Crippen LogP contribution in [-0.2, 0) is 6.54 Å². The second kappa shape index (κ2) is 4.82. The van der Waals surface area contributed by atoms with Crippen LogP contribution in [0.25, 0.3) is 10.9 Å². The van der Waals surface area contributed by atoms with Crippen molar-refractivity contribution in [2.24, 2.45) is 5.73 Å². The zero-order valence-corrected chi connectivity index (χ0v) is 10.8. The Balaban J connectivity index is 2.04. The summed E-state index contributed by atoms with van der Waals surface area (Å²) in [5, 5.41) is 1.16. The molecule has 0 spiro atoms. The first-order chi connectivity index (χ1) is 9.25. The molecule has 0 aliphatic heterocycles. The highest BCUT2D eigenvalue weighted by Gasteiger charge is 2.09. The number of nitrogens with zero attached hydrogens (tertiary/aromatic N) is 3. The summed E-state index contributed by atoms with van der Waals surface area (Å²) >= 11 is 0. The third-order valence-electron chi connectivity index (χ3n) is 3.27. The van der Waals surface area contributed by atoms with Gasteiger partial charge in [-0.1, -0.05) is 24.3 Å². The molecule has 1 aromatic carbocycles. The molecule has 96 valence electrons. The maximum absolute atomic E-state index is 5.95. The molecule has 4 nitrogen and oxygen atoms in total. The normalized spacial score (nSPS) is 12.7. The van der Waals surface area contributed by atoms with Crippen molar-refractivity contribution in [3.63, 3.8) is 0 Å². The molecule has 0 radical (unpaired) electrons. The molecule has 0 fully saturated rings. The molecule has 0 aliphatic carbocycles. The Hall–Kier alpha value is -2.20. The van der Waals surface area contributed by atoms with E-state index in [1.807, 2.05) is 31.7 Å². The monoisotopic (exact) mass is 252 g/mol. The standard InChI is InChI=1S/C15H16N4/c1-11(16)14-8-17-10-19(14)9-13-5-2-4-12-6-3-7-18-15(12)13/h2-8,10-11H,9,16H2,1H3/t11-/m0/s1. The van der Waals surface area contributed by atoms with Gasteiger partial charge in [-0.2, -0.15) is 0 Å². The van der Waals surface area contributed by atoms with Gasteiger partial charge in [0.05, 0.1) is 24.1 Å². The van der Waals surface area contributed by atoms with E-state index in [2.05, 4.69) is 38.8 Å². The van der Waals surface area contributed by atoms with Gasteiger partial charge < -0.3 is 10.3 Å². The van der Waals surface area contributed by atoms with Gasteiger partial charge in [0, 0.05) is 23.8 Å². The summed E-state index contributed by atoms with van der Waals surface area (Å²) < 4.78 is 2.08. The lowest BCUT2D eigenvalue weighted by Crippen LogP contribution is -2.12. The van der Waals surface area contributed by atoms with Gasteiger partial charge >= 0.3 is 0 Å². The molecule has 0 saturated heterocycles. The summed E-state index contributed by atoms with van der Waals surface area (Å²) in [5.41, 5.74) is 9.20. The molecule has 0 saturated carbocycles. The molecule has 19 heavy (non-hydrogen) atoms. The number of hydrogen-bond acceptors (Lipinski definition) is 3. The summed E-state index contributed by atoms with van der Waals surface area (Å²) in [4.78, 5) is 8.65. The van der Waals surface area contributed by atoms with Gasteiger partial charge in [0.15, 0.2) is 0 Å². The Morgan fingerprint density at radius 2 is 2.11 bits per heavy atom. The lowest BCUT2D eigenvalue weighted by molar-refractivity contribution is 0.676. The minimum Gasteiger partial charge on any atom is -0.329 e. The van der Waals surface area contributed by atoms with Crippen molar-refractivity contribution in [3.05, 3.63) is 60.3 Å². The van der Waals surface area contributed by atoms with E-state index in [9.17, 15) is 0 Å². The highest BCUT2D eigenvalue weighted by atomic mass is 15.1. The van der Waals surface area contributed by atoms with Crippen molar-refractivity contribution < 1.29 is 0 Å². The Bertz CT molecular complexity index is 695.